The minimum Gasteiger partial charge on any atom is -0.337 e. The van der Waals surface area contributed by atoms with Gasteiger partial charge in [0.15, 0.2) is 5.65 Å². The lowest BCUT2D eigenvalue weighted by Crippen LogP contribution is -1.88. The van der Waals surface area contributed by atoms with E-state index in [0.717, 1.165) is 28.1 Å². The van der Waals surface area contributed by atoms with Gasteiger partial charge in [0.2, 0.25) is 0 Å². The number of nitrogens with one attached hydrogen (secondary N) is 1. The topological polar surface area (TPSA) is 41.6 Å². The number of aromatic nitrogens is 3. The van der Waals surface area contributed by atoms with E-state index in [4.69, 9.17) is 0 Å². The Bertz CT molecular complexity index is 726. The number of benzene rings is 1. The average Bonchev–Trinajstić information content (AvgIpc) is 2.75. The molecule has 90 valence electrons. The van der Waals surface area contributed by atoms with Crippen LogP contribution < -0.4 is 0 Å². The van der Waals surface area contributed by atoms with Crippen LogP contribution in [0.5, 0.6) is 0 Å². The molecule has 0 atom stereocenters. The monoisotopic (exact) mass is 237 g/mol. The number of hydrogen-bond acceptors (Lipinski definition) is 2. The Hall–Kier alpha value is -2.16. The molecule has 0 fully saturated rings. The molecule has 0 radical (unpaired) electrons. The second-order valence-electron chi connectivity index (χ2n) is 4.72. The Morgan fingerprint density at radius 2 is 1.94 bits per heavy atom. The Morgan fingerprint density at radius 3 is 2.78 bits per heavy atom. The van der Waals surface area contributed by atoms with Crippen molar-refractivity contribution >= 4 is 11.2 Å². The molecule has 1 N–H and O–H groups in total. The van der Waals surface area contributed by atoms with Crippen molar-refractivity contribution in [3.05, 3.63) is 47.2 Å². The van der Waals surface area contributed by atoms with E-state index in [2.05, 4.69) is 53.1 Å². The number of pyridine rings is 1. The fraction of sp³-hybridized carbons (Fsp3) is 0.200. The van der Waals surface area contributed by atoms with Gasteiger partial charge in [-0.15, -0.1) is 0 Å². The highest BCUT2D eigenvalue weighted by molar-refractivity contribution is 5.77. The van der Waals surface area contributed by atoms with Gasteiger partial charge in [0.1, 0.15) is 5.82 Å². The molecule has 3 rings (SSSR count). The first-order chi connectivity index (χ1) is 8.65. The third-order valence-corrected chi connectivity index (χ3v) is 3.33. The Labute approximate surface area is 106 Å². The highest BCUT2D eigenvalue weighted by Crippen LogP contribution is 2.24. The lowest BCUT2D eigenvalue weighted by Gasteiger charge is -2.04. The normalized spacial score (nSPS) is 11.1. The molecule has 0 bridgehead atoms. The van der Waals surface area contributed by atoms with Crippen LogP contribution in [0.3, 0.4) is 0 Å². The van der Waals surface area contributed by atoms with Crippen molar-refractivity contribution in [1.29, 1.82) is 0 Å². The van der Waals surface area contributed by atoms with Crippen LogP contribution in [0.25, 0.3) is 22.6 Å². The molecular formula is C15H15N3. The zero-order chi connectivity index (χ0) is 12.7. The van der Waals surface area contributed by atoms with E-state index in [1.54, 1.807) is 0 Å². The molecule has 3 aromatic rings. The van der Waals surface area contributed by atoms with E-state index in [0.29, 0.717) is 0 Å². The molecule has 1 aromatic carbocycles. The zero-order valence-electron chi connectivity index (χ0n) is 10.8. The van der Waals surface area contributed by atoms with E-state index in [9.17, 15) is 0 Å². The van der Waals surface area contributed by atoms with Crippen LogP contribution in [-0.4, -0.2) is 15.0 Å². The molecule has 3 heteroatoms. The molecule has 3 nitrogen and oxygen atoms in total. The molecule has 0 amide bonds. The average molecular weight is 237 g/mol. The summed E-state index contributed by atoms with van der Waals surface area (Å²) in [4.78, 5) is 12.2. The maximum atomic E-state index is 4.56. The van der Waals surface area contributed by atoms with Gasteiger partial charge in [0.25, 0.3) is 0 Å². The van der Waals surface area contributed by atoms with Crippen molar-refractivity contribution in [2.75, 3.05) is 0 Å². The fourth-order valence-electron chi connectivity index (χ4n) is 2.14. The van der Waals surface area contributed by atoms with E-state index < -0.39 is 0 Å². The minimum atomic E-state index is 0.775. The highest BCUT2D eigenvalue weighted by Gasteiger charge is 2.09. The third kappa shape index (κ3) is 1.68. The first-order valence-corrected chi connectivity index (χ1v) is 6.04. The molecule has 0 aliphatic carbocycles. The van der Waals surface area contributed by atoms with Crippen LogP contribution in [0.4, 0.5) is 0 Å². The first-order valence-electron chi connectivity index (χ1n) is 6.04. The summed E-state index contributed by atoms with van der Waals surface area (Å²) < 4.78 is 0. The maximum absolute atomic E-state index is 4.56. The number of H-pyrrole nitrogens is 1. The molecule has 18 heavy (non-hydrogen) atoms. The second kappa shape index (κ2) is 3.95. The van der Waals surface area contributed by atoms with Gasteiger partial charge in [-0.05, 0) is 43.5 Å². The predicted octanol–water partition coefficient (Wildman–Crippen LogP) is 3.55. The number of rotatable bonds is 1. The molecule has 0 saturated carbocycles. The number of imidazole rings is 1. The Kier molecular flexibility index (Phi) is 2.40. The van der Waals surface area contributed by atoms with Gasteiger partial charge >= 0.3 is 0 Å². The largest absolute Gasteiger partial charge is 0.337 e. The van der Waals surface area contributed by atoms with E-state index in [1.165, 1.54) is 11.1 Å². The van der Waals surface area contributed by atoms with Gasteiger partial charge in [0.05, 0.1) is 5.52 Å². The van der Waals surface area contributed by atoms with Crippen molar-refractivity contribution in [3.8, 4) is 11.4 Å². The van der Waals surface area contributed by atoms with Crippen LogP contribution in [-0.2, 0) is 0 Å². The van der Waals surface area contributed by atoms with Crippen LogP contribution in [0.1, 0.15) is 16.7 Å². The lowest BCUT2D eigenvalue weighted by molar-refractivity contribution is 1.26. The third-order valence-electron chi connectivity index (χ3n) is 3.33. The van der Waals surface area contributed by atoms with Crippen LogP contribution in [0.2, 0.25) is 0 Å². The quantitative estimate of drug-likeness (QED) is 0.703. The summed E-state index contributed by atoms with van der Waals surface area (Å²) in [5, 5.41) is 0. The molecule has 0 aliphatic heterocycles. The van der Waals surface area contributed by atoms with Gasteiger partial charge in [-0.3, -0.25) is 0 Å². The highest BCUT2D eigenvalue weighted by atomic mass is 15.0. The molecule has 0 unspecified atom stereocenters. The number of aryl methyl sites for hydroxylation is 2. The molecule has 0 spiro atoms. The summed E-state index contributed by atoms with van der Waals surface area (Å²) >= 11 is 0. The SMILES string of the molecule is Cc1cnc2nc(-c3cccc(C)c3C)[nH]c2c1. The summed E-state index contributed by atoms with van der Waals surface area (Å²) in [5.74, 6) is 0.893. The lowest BCUT2D eigenvalue weighted by atomic mass is 10.0. The second-order valence-corrected chi connectivity index (χ2v) is 4.72. The minimum absolute atomic E-state index is 0.775. The van der Waals surface area contributed by atoms with Crippen molar-refractivity contribution in [3.63, 3.8) is 0 Å². The molecule has 0 aliphatic rings. The van der Waals surface area contributed by atoms with Gasteiger partial charge < -0.3 is 4.98 Å². The summed E-state index contributed by atoms with van der Waals surface area (Å²) in [6.07, 6.45) is 1.84. The van der Waals surface area contributed by atoms with Gasteiger partial charge in [-0.2, -0.15) is 0 Å². The Balaban J connectivity index is 2.22. The zero-order valence-corrected chi connectivity index (χ0v) is 10.8. The standard InChI is InChI=1S/C15H15N3/c1-9-7-13-15(16-8-9)18-14(17-13)12-6-4-5-10(2)11(12)3/h4-8H,1-3H3,(H,16,17,18). The summed E-state index contributed by atoms with van der Waals surface area (Å²) in [6.45, 7) is 6.27. The van der Waals surface area contributed by atoms with Crippen molar-refractivity contribution in [2.45, 2.75) is 20.8 Å². The fourth-order valence-corrected chi connectivity index (χ4v) is 2.14. The smallest absolute Gasteiger partial charge is 0.178 e. The molecule has 2 heterocycles. The summed E-state index contributed by atoms with van der Waals surface area (Å²) in [5.41, 5.74) is 6.58. The van der Waals surface area contributed by atoms with Crippen LogP contribution in [0.15, 0.2) is 30.5 Å². The number of aromatic amines is 1. The van der Waals surface area contributed by atoms with Crippen molar-refractivity contribution in [1.82, 2.24) is 15.0 Å². The first kappa shape index (κ1) is 11.0. The van der Waals surface area contributed by atoms with Crippen molar-refractivity contribution in [2.24, 2.45) is 0 Å². The van der Waals surface area contributed by atoms with E-state index >= 15 is 0 Å². The molecule has 2 aromatic heterocycles. The number of hydrogen-bond donors (Lipinski definition) is 1. The summed E-state index contributed by atoms with van der Waals surface area (Å²) in [6, 6.07) is 8.34. The Morgan fingerprint density at radius 1 is 1.11 bits per heavy atom. The van der Waals surface area contributed by atoms with Gasteiger partial charge in [0, 0.05) is 11.8 Å². The maximum Gasteiger partial charge on any atom is 0.178 e. The molecule has 0 saturated heterocycles. The predicted molar refractivity (Wildman–Crippen MR) is 73.5 cm³/mol. The van der Waals surface area contributed by atoms with Crippen molar-refractivity contribution < 1.29 is 0 Å². The molecular weight excluding hydrogens is 222 g/mol. The number of nitrogens with zero attached hydrogens (tertiary/aromatic N) is 2. The summed E-state index contributed by atoms with van der Waals surface area (Å²) in [7, 11) is 0. The number of fused-ring (bicyclic) bond motifs is 1. The van der Waals surface area contributed by atoms with E-state index in [-0.39, 0.29) is 0 Å². The van der Waals surface area contributed by atoms with E-state index in [1.807, 2.05) is 13.1 Å². The van der Waals surface area contributed by atoms with Crippen LogP contribution in [0, 0.1) is 20.8 Å². The van der Waals surface area contributed by atoms with Gasteiger partial charge in [-0.1, -0.05) is 18.2 Å². The van der Waals surface area contributed by atoms with Crippen LogP contribution >= 0.6 is 0 Å². The van der Waals surface area contributed by atoms with Gasteiger partial charge in [-0.25, -0.2) is 9.97 Å².